The van der Waals surface area contributed by atoms with E-state index in [1.54, 1.807) is 23.1 Å². The lowest BCUT2D eigenvalue weighted by Crippen LogP contribution is -2.58. The van der Waals surface area contributed by atoms with Gasteiger partial charge in [-0.1, -0.05) is 12.1 Å². The van der Waals surface area contributed by atoms with E-state index in [0.29, 0.717) is 42.4 Å². The molecular formula is C31H36N6O8. The first-order chi connectivity index (χ1) is 21.7. The molecule has 14 nitrogen and oxygen atoms in total. The van der Waals surface area contributed by atoms with Crippen molar-refractivity contribution in [2.24, 2.45) is 0 Å². The number of carbonyl (C=O) groups excluding carboxylic acids is 3. The molecule has 1 fully saturated rings. The van der Waals surface area contributed by atoms with Crippen LogP contribution in [0.3, 0.4) is 0 Å². The first-order valence-corrected chi connectivity index (χ1v) is 14.8. The molecule has 45 heavy (non-hydrogen) atoms. The highest BCUT2D eigenvalue weighted by Crippen LogP contribution is 2.29. The number of hydrogen-bond acceptors (Lipinski definition) is 9. The molecule has 0 radical (unpaired) electrons. The quantitative estimate of drug-likeness (QED) is 0.383. The third-order valence-electron chi connectivity index (χ3n) is 7.69. The predicted molar refractivity (Wildman–Crippen MR) is 159 cm³/mol. The molecule has 0 spiro atoms. The fourth-order valence-corrected chi connectivity index (χ4v) is 5.44. The molecule has 3 aromatic rings. The van der Waals surface area contributed by atoms with E-state index in [1.165, 1.54) is 7.11 Å². The molecule has 4 aliphatic heterocycles. The number of piperidine rings is 1. The van der Waals surface area contributed by atoms with E-state index < -0.39 is 12.0 Å². The molecular weight excluding hydrogens is 584 g/mol. The number of rotatable bonds is 2. The number of benzene rings is 2. The molecule has 3 N–H and O–H groups in total. The Morgan fingerprint density at radius 3 is 2.60 bits per heavy atom. The van der Waals surface area contributed by atoms with Crippen molar-refractivity contribution in [1.82, 2.24) is 30.3 Å². The van der Waals surface area contributed by atoms with Gasteiger partial charge in [0.1, 0.15) is 17.7 Å². The molecule has 1 saturated heterocycles. The molecule has 1 aromatic heterocycles. The van der Waals surface area contributed by atoms with Gasteiger partial charge in [-0.3, -0.25) is 19.2 Å². The summed E-state index contributed by atoms with van der Waals surface area (Å²) in [6, 6.07) is 11.7. The minimum atomic E-state index is -0.833. The van der Waals surface area contributed by atoms with Crippen LogP contribution in [0, 0.1) is 0 Å². The summed E-state index contributed by atoms with van der Waals surface area (Å²) >= 11 is 0. The van der Waals surface area contributed by atoms with Crippen LogP contribution in [-0.4, -0.2) is 87.4 Å². The van der Waals surface area contributed by atoms with Gasteiger partial charge in [-0.05, 0) is 48.7 Å². The van der Waals surface area contributed by atoms with Gasteiger partial charge in [0.2, 0.25) is 5.82 Å². The summed E-state index contributed by atoms with van der Waals surface area (Å²) in [7, 11) is 1.49. The number of fused-ring (bicyclic) bond motifs is 8. The topological polar surface area (TPSA) is 174 Å². The Kier molecular flexibility index (Phi) is 9.80. The number of carboxylic acid groups (broad SMARTS) is 1. The number of hydrogen-bond donors (Lipinski definition) is 3. The fourth-order valence-electron chi connectivity index (χ4n) is 5.44. The van der Waals surface area contributed by atoms with Crippen molar-refractivity contribution in [2.45, 2.75) is 57.8 Å². The van der Waals surface area contributed by atoms with Crippen LogP contribution in [0.4, 0.5) is 0 Å². The van der Waals surface area contributed by atoms with Crippen molar-refractivity contribution in [3.8, 4) is 17.2 Å². The number of carbonyl (C=O) groups is 4. The average molecular weight is 621 g/mol. The van der Waals surface area contributed by atoms with Crippen LogP contribution in [0.2, 0.25) is 0 Å². The van der Waals surface area contributed by atoms with Gasteiger partial charge in [0.25, 0.3) is 23.7 Å². The van der Waals surface area contributed by atoms with Crippen LogP contribution in [0.1, 0.15) is 58.6 Å². The lowest BCUT2D eigenvalue weighted by atomic mass is 10.0. The second-order valence-electron chi connectivity index (χ2n) is 10.9. The highest BCUT2D eigenvalue weighted by atomic mass is 16.5. The molecule has 4 bridgehead atoms. The van der Waals surface area contributed by atoms with E-state index in [2.05, 4.69) is 20.8 Å². The first kappa shape index (κ1) is 31.3. The highest BCUT2D eigenvalue weighted by molar-refractivity contribution is 5.95. The van der Waals surface area contributed by atoms with Gasteiger partial charge in [0.05, 0.1) is 13.2 Å². The van der Waals surface area contributed by atoms with E-state index in [9.17, 15) is 14.4 Å². The molecule has 0 aliphatic carbocycles. The maximum atomic E-state index is 13.6. The van der Waals surface area contributed by atoms with Crippen LogP contribution in [0.15, 0.2) is 42.5 Å². The van der Waals surface area contributed by atoms with Crippen LogP contribution in [0.25, 0.3) is 0 Å². The molecule has 7 rings (SSSR count). The maximum absolute atomic E-state index is 13.6. The Labute approximate surface area is 259 Å². The molecule has 3 amide bonds. The summed E-state index contributed by atoms with van der Waals surface area (Å²) in [5.74, 6) is 0.766. The van der Waals surface area contributed by atoms with Crippen LogP contribution in [-0.2, 0) is 29.1 Å². The number of aryl methyl sites for hydroxylation is 1. The number of likely N-dealkylation sites (tertiary alicyclic amines) is 1. The molecule has 14 heteroatoms. The zero-order valence-corrected chi connectivity index (χ0v) is 25.2. The summed E-state index contributed by atoms with van der Waals surface area (Å²) in [4.78, 5) is 50.2. The zero-order valence-electron chi connectivity index (χ0n) is 25.2. The number of nitrogens with one attached hydrogen (secondary N) is 2. The van der Waals surface area contributed by atoms with Gasteiger partial charge in [-0.25, -0.2) is 0 Å². The van der Waals surface area contributed by atoms with Crippen LogP contribution >= 0.6 is 0 Å². The third kappa shape index (κ3) is 7.69. The summed E-state index contributed by atoms with van der Waals surface area (Å²) in [5.41, 5.74) is 1.22. The number of nitrogens with zero attached hydrogens (tertiary/aromatic N) is 4. The van der Waals surface area contributed by atoms with Crippen molar-refractivity contribution < 1.29 is 38.5 Å². The number of aliphatic carboxylic acids is 1. The summed E-state index contributed by atoms with van der Waals surface area (Å²) < 4.78 is 19.3. The van der Waals surface area contributed by atoms with E-state index in [1.807, 2.05) is 28.8 Å². The summed E-state index contributed by atoms with van der Waals surface area (Å²) in [5, 5.41) is 21.8. The summed E-state index contributed by atoms with van der Waals surface area (Å²) in [6.07, 6.45) is 2.95. The second-order valence-corrected chi connectivity index (χ2v) is 10.9. The lowest BCUT2D eigenvalue weighted by molar-refractivity contribution is -0.134. The van der Waals surface area contributed by atoms with Crippen molar-refractivity contribution in [3.63, 3.8) is 0 Å². The largest absolute Gasteiger partial charge is 0.493 e. The van der Waals surface area contributed by atoms with Gasteiger partial charge in [-0.15, -0.1) is 10.2 Å². The molecule has 0 unspecified atom stereocenters. The smallest absolute Gasteiger partial charge is 0.300 e. The molecule has 5 heterocycles. The van der Waals surface area contributed by atoms with Crippen molar-refractivity contribution >= 4 is 23.7 Å². The number of carboxylic acids is 1. The monoisotopic (exact) mass is 620 g/mol. The number of ether oxygens (including phenoxy) is 3. The number of methoxy groups -OCH3 is 1. The van der Waals surface area contributed by atoms with E-state index >= 15 is 0 Å². The van der Waals surface area contributed by atoms with Gasteiger partial charge in [0, 0.05) is 51.5 Å². The first-order valence-electron chi connectivity index (χ1n) is 14.8. The Balaban J connectivity index is 0.000000945. The average Bonchev–Trinajstić information content (AvgIpc) is 3.47. The van der Waals surface area contributed by atoms with Crippen molar-refractivity contribution in [3.05, 3.63) is 65.2 Å². The Morgan fingerprint density at radius 1 is 1.07 bits per heavy atom. The third-order valence-corrected chi connectivity index (χ3v) is 7.69. The minimum absolute atomic E-state index is 0.205. The lowest BCUT2D eigenvalue weighted by Gasteiger charge is -2.38. The van der Waals surface area contributed by atoms with E-state index in [4.69, 9.17) is 24.1 Å². The number of aromatic nitrogens is 3. The minimum Gasteiger partial charge on any atom is -0.493 e. The van der Waals surface area contributed by atoms with Crippen LogP contribution in [0.5, 0.6) is 17.2 Å². The SMILES string of the molecule is CC(=O)O.COc1ccc2cc1OCC(=O)NCc1ccc(cc1)O[C@@H]1CCN(C(=O)c3nnc4n3CCCC4)C[C@@H]1NC2=O. The molecule has 0 saturated carbocycles. The van der Waals surface area contributed by atoms with Gasteiger partial charge >= 0.3 is 0 Å². The molecule has 238 valence electrons. The Bertz CT molecular complexity index is 1550. The highest BCUT2D eigenvalue weighted by Gasteiger charge is 2.36. The van der Waals surface area contributed by atoms with E-state index in [-0.39, 0.29) is 42.7 Å². The Hall–Kier alpha value is -5.14. The second kappa shape index (κ2) is 14.1. The van der Waals surface area contributed by atoms with Crippen molar-refractivity contribution in [2.75, 3.05) is 26.8 Å². The van der Waals surface area contributed by atoms with Gasteiger partial charge in [-0.2, -0.15) is 0 Å². The predicted octanol–water partition coefficient (Wildman–Crippen LogP) is 1.81. The Morgan fingerprint density at radius 2 is 1.84 bits per heavy atom. The number of amides is 3. The maximum Gasteiger partial charge on any atom is 0.300 e. The van der Waals surface area contributed by atoms with Gasteiger partial charge in [0.15, 0.2) is 18.1 Å². The molecule has 4 aliphatic rings. The van der Waals surface area contributed by atoms with E-state index in [0.717, 1.165) is 44.1 Å². The van der Waals surface area contributed by atoms with Crippen molar-refractivity contribution in [1.29, 1.82) is 0 Å². The normalized spacial score (nSPS) is 19.6. The summed E-state index contributed by atoms with van der Waals surface area (Å²) in [6.45, 7) is 2.59. The molecule has 2 atom stereocenters. The van der Waals surface area contributed by atoms with Crippen LogP contribution < -0.4 is 24.8 Å². The zero-order chi connectivity index (χ0) is 31.9. The molecule has 2 aromatic carbocycles. The standard InChI is InChI=1S/C29H32N6O6.C2H4O2/c1-39-23-10-7-19-14-24(23)40-17-26(36)30-15-18-5-8-20(9-6-18)41-22-11-13-34(16-21(22)31-28(19)37)29(38)27-33-32-25-4-2-3-12-35(25)27;1-2(3)4/h5-10,14,21-22H,2-4,11-13,15-17H2,1H3,(H,30,36)(H,31,37);1H3,(H,3,4)/t21-,22+;/m0./s1. The van der Waals surface area contributed by atoms with Gasteiger partial charge < -0.3 is 39.4 Å². The fraction of sp³-hybridized carbons (Fsp3) is 0.419.